The largest absolute Gasteiger partial charge is 0.339 e. The van der Waals surface area contributed by atoms with Gasteiger partial charge in [-0.2, -0.15) is 0 Å². The molecule has 122 valence electrons. The average molecular weight is 295 g/mol. The number of carbonyl (C=O) groups excluding carboxylic acids is 1. The molecule has 2 saturated heterocycles. The van der Waals surface area contributed by atoms with E-state index >= 15 is 0 Å². The Morgan fingerprint density at radius 3 is 2.71 bits per heavy atom. The third-order valence-corrected chi connectivity index (χ3v) is 4.90. The van der Waals surface area contributed by atoms with Crippen molar-refractivity contribution in [3.8, 4) is 0 Å². The van der Waals surface area contributed by atoms with Crippen molar-refractivity contribution in [2.24, 2.45) is 5.92 Å². The summed E-state index contributed by atoms with van der Waals surface area (Å²) in [4.78, 5) is 17.0. The summed E-state index contributed by atoms with van der Waals surface area (Å²) in [7, 11) is 0. The Balaban J connectivity index is 1.77. The number of nitrogens with one attached hydrogen (secondary N) is 1. The molecule has 0 aromatic heterocycles. The lowest BCUT2D eigenvalue weighted by molar-refractivity contribution is -0.136. The molecule has 2 fully saturated rings. The molecule has 0 spiro atoms. The highest BCUT2D eigenvalue weighted by Gasteiger charge is 2.27. The fraction of sp³-hybridized carbons (Fsp3) is 0.941. The second-order valence-corrected chi connectivity index (χ2v) is 7.24. The van der Waals surface area contributed by atoms with Crippen molar-refractivity contribution in [1.29, 1.82) is 0 Å². The zero-order valence-electron chi connectivity index (χ0n) is 14.1. The van der Waals surface area contributed by atoms with E-state index in [0.29, 0.717) is 30.5 Å². The molecule has 2 rings (SSSR count). The maximum Gasteiger partial charge on any atom is 0.236 e. The monoisotopic (exact) mass is 295 g/mol. The minimum absolute atomic E-state index is 0.347. The quantitative estimate of drug-likeness (QED) is 0.844. The molecule has 2 atom stereocenters. The molecular weight excluding hydrogens is 262 g/mol. The number of hydrogen-bond acceptors (Lipinski definition) is 3. The van der Waals surface area contributed by atoms with Crippen LogP contribution < -0.4 is 5.32 Å². The molecule has 1 amide bonds. The van der Waals surface area contributed by atoms with Gasteiger partial charge in [0.2, 0.25) is 5.91 Å². The van der Waals surface area contributed by atoms with Crippen molar-refractivity contribution in [1.82, 2.24) is 15.1 Å². The van der Waals surface area contributed by atoms with Gasteiger partial charge in [0.05, 0.1) is 6.54 Å². The fourth-order valence-electron chi connectivity index (χ4n) is 3.61. The number of likely N-dealkylation sites (tertiary alicyclic amines) is 2. The maximum absolute atomic E-state index is 12.5. The first kappa shape index (κ1) is 16.8. The summed E-state index contributed by atoms with van der Waals surface area (Å²) < 4.78 is 0. The zero-order chi connectivity index (χ0) is 15.2. The van der Waals surface area contributed by atoms with Crippen LogP contribution in [0.5, 0.6) is 0 Å². The van der Waals surface area contributed by atoms with Crippen molar-refractivity contribution < 1.29 is 4.79 Å². The van der Waals surface area contributed by atoms with Crippen molar-refractivity contribution in [3.05, 3.63) is 0 Å². The van der Waals surface area contributed by atoms with E-state index in [1.165, 1.54) is 32.1 Å². The highest BCUT2D eigenvalue weighted by Crippen LogP contribution is 2.19. The van der Waals surface area contributed by atoms with Gasteiger partial charge < -0.3 is 10.2 Å². The number of carbonyl (C=O) groups is 1. The van der Waals surface area contributed by atoms with Gasteiger partial charge in [-0.3, -0.25) is 9.69 Å². The van der Waals surface area contributed by atoms with Crippen molar-refractivity contribution in [2.75, 3.05) is 32.7 Å². The molecule has 21 heavy (non-hydrogen) atoms. The van der Waals surface area contributed by atoms with Crippen LogP contribution in [0, 0.1) is 5.92 Å². The summed E-state index contributed by atoms with van der Waals surface area (Å²) >= 11 is 0. The number of nitrogens with zero attached hydrogens (tertiary/aromatic N) is 2. The second-order valence-electron chi connectivity index (χ2n) is 7.24. The lowest BCUT2D eigenvalue weighted by Gasteiger charge is -2.37. The minimum Gasteiger partial charge on any atom is -0.339 e. The second kappa shape index (κ2) is 8.14. The molecule has 2 heterocycles. The van der Waals surface area contributed by atoms with Gasteiger partial charge in [0.15, 0.2) is 0 Å². The number of rotatable bonds is 5. The molecular formula is C17H33N3O. The fourth-order valence-corrected chi connectivity index (χ4v) is 3.61. The summed E-state index contributed by atoms with van der Waals surface area (Å²) in [6.07, 6.45) is 6.15. The number of amides is 1. The van der Waals surface area contributed by atoms with Crippen molar-refractivity contribution in [2.45, 2.75) is 65.0 Å². The van der Waals surface area contributed by atoms with Gasteiger partial charge in [0.25, 0.3) is 0 Å². The van der Waals surface area contributed by atoms with Crippen molar-refractivity contribution in [3.63, 3.8) is 0 Å². The lowest BCUT2D eigenvalue weighted by Crippen LogP contribution is -2.49. The molecule has 2 aliphatic heterocycles. The smallest absolute Gasteiger partial charge is 0.236 e. The van der Waals surface area contributed by atoms with Crippen LogP contribution in [0.25, 0.3) is 0 Å². The predicted molar refractivity (Wildman–Crippen MR) is 87.3 cm³/mol. The average Bonchev–Trinajstić information content (AvgIpc) is 2.46. The Bertz CT molecular complexity index is 332. The lowest BCUT2D eigenvalue weighted by atomic mass is 9.97. The van der Waals surface area contributed by atoms with Crippen LogP contribution in [0.2, 0.25) is 0 Å². The molecule has 0 aliphatic carbocycles. The molecule has 1 N–H and O–H groups in total. The molecule has 4 nitrogen and oxygen atoms in total. The first-order valence-corrected chi connectivity index (χ1v) is 8.81. The Morgan fingerprint density at radius 1 is 1.19 bits per heavy atom. The third-order valence-electron chi connectivity index (χ3n) is 4.90. The number of hydrogen-bond donors (Lipinski definition) is 1. The molecule has 0 aromatic rings. The predicted octanol–water partition coefficient (Wildman–Crippen LogP) is 2.10. The SMILES string of the molecule is CC(C)NCC1CCCN(CC(=O)N2CCCCC2C)C1. The topological polar surface area (TPSA) is 35.6 Å². The highest BCUT2D eigenvalue weighted by atomic mass is 16.2. The normalized spacial score (nSPS) is 28.1. The van der Waals surface area contributed by atoms with Crippen molar-refractivity contribution >= 4 is 5.91 Å². The highest BCUT2D eigenvalue weighted by molar-refractivity contribution is 5.78. The van der Waals surface area contributed by atoms with Gasteiger partial charge in [-0.25, -0.2) is 0 Å². The van der Waals surface area contributed by atoms with E-state index in [0.717, 1.165) is 26.2 Å². The molecule has 2 aliphatic rings. The molecule has 0 bridgehead atoms. The van der Waals surface area contributed by atoms with Gasteiger partial charge in [0, 0.05) is 25.2 Å². The molecule has 4 heteroatoms. The van der Waals surface area contributed by atoms with Gasteiger partial charge in [-0.15, -0.1) is 0 Å². The van der Waals surface area contributed by atoms with Gasteiger partial charge in [0.1, 0.15) is 0 Å². The summed E-state index contributed by atoms with van der Waals surface area (Å²) in [6.45, 7) is 11.4. The van der Waals surface area contributed by atoms with Crippen LogP contribution in [0.3, 0.4) is 0 Å². The summed E-state index contributed by atoms with van der Waals surface area (Å²) in [5.74, 6) is 1.05. The van der Waals surface area contributed by atoms with Crippen LogP contribution in [0.4, 0.5) is 0 Å². The van der Waals surface area contributed by atoms with Gasteiger partial charge >= 0.3 is 0 Å². The van der Waals surface area contributed by atoms with E-state index in [1.54, 1.807) is 0 Å². The zero-order valence-corrected chi connectivity index (χ0v) is 14.1. The van der Waals surface area contributed by atoms with Crippen LogP contribution in [0.15, 0.2) is 0 Å². The number of piperidine rings is 2. The summed E-state index contributed by atoms with van der Waals surface area (Å²) in [6, 6.07) is 0.991. The van der Waals surface area contributed by atoms with E-state index in [2.05, 4.69) is 35.9 Å². The summed E-state index contributed by atoms with van der Waals surface area (Å²) in [5.41, 5.74) is 0. The van der Waals surface area contributed by atoms with Gasteiger partial charge in [-0.05, 0) is 58.0 Å². The van der Waals surface area contributed by atoms with E-state index < -0.39 is 0 Å². The van der Waals surface area contributed by atoms with Gasteiger partial charge in [-0.1, -0.05) is 13.8 Å². The molecule has 2 unspecified atom stereocenters. The Labute approximate surface area is 130 Å². The van der Waals surface area contributed by atoms with Crippen LogP contribution >= 0.6 is 0 Å². The Hall–Kier alpha value is -0.610. The van der Waals surface area contributed by atoms with E-state index in [9.17, 15) is 4.79 Å². The Morgan fingerprint density at radius 2 is 2.00 bits per heavy atom. The summed E-state index contributed by atoms with van der Waals surface area (Å²) in [5, 5.41) is 3.54. The van der Waals surface area contributed by atoms with E-state index in [-0.39, 0.29) is 0 Å². The standard InChI is InChI=1S/C17H33N3O/c1-14(2)18-11-16-8-6-9-19(12-16)13-17(21)20-10-5-4-7-15(20)3/h14-16,18H,4-13H2,1-3H3. The molecule has 0 saturated carbocycles. The first-order chi connectivity index (χ1) is 10.1. The van der Waals surface area contributed by atoms with Crippen LogP contribution in [0.1, 0.15) is 52.9 Å². The van der Waals surface area contributed by atoms with E-state index in [1.807, 2.05) is 0 Å². The first-order valence-electron chi connectivity index (χ1n) is 8.81. The Kier molecular flexibility index (Phi) is 6.49. The molecule has 0 radical (unpaired) electrons. The third kappa shape index (κ3) is 5.26. The molecule has 0 aromatic carbocycles. The van der Waals surface area contributed by atoms with Crippen LogP contribution in [-0.4, -0.2) is 60.5 Å². The van der Waals surface area contributed by atoms with Crippen LogP contribution in [-0.2, 0) is 4.79 Å². The maximum atomic E-state index is 12.5. The minimum atomic E-state index is 0.347. The van der Waals surface area contributed by atoms with E-state index in [4.69, 9.17) is 0 Å².